The lowest BCUT2D eigenvalue weighted by Crippen LogP contribution is -2.15. The highest BCUT2D eigenvalue weighted by Gasteiger charge is 2.20. The molecule has 1 aromatic heterocycles. The van der Waals surface area contributed by atoms with Gasteiger partial charge in [0.15, 0.2) is 17.1 Å². The van der Waals surface area contributed by atoms with Gasteiger partial charge in [-0.05, 0) is 56.2 Å². The molecule has 0 saturated heterocycles. The number of ether oxygens (including phenoxy) is 1. The first kappa shape index (κ1) is 23.8. The molecule has 0 radical (unpaired) electrons. The number of thioether (sulfide) groups is 1. The number of nitrogens with zero attached hydrogens (tertiary/aromatic N) is 3. The van der Waals surface area contributed by atoms with Crippen molar-refractivity contribution in [1.82, 2.24) is 14.8 Å². The van der Waals surface area contributed by atoms with Gasteiger partial charge in [-0.15, -0.1) is 16.8 Å². The summed E-state index contributed by atoms with van der Waals surface area (Å²) in [7, 11) is 0. The smallest absolute Gasteiger partial charge is 0.234 e. The lowest BCUT2D eigenvalue weighted by molar-refractivity contribution is -0.113. The summed E-state index contributed by atoms with van der Waals surface area (Å²) in [6.45, 7) is 10.2. The number of benzene rings is 2. The van der Waals surface area contributed by atoms with E-state index in [1.807, 2.05) is 43.5 Å². The fraction of sp³-hybridized carbons (Fsp3) is 0.261. The van der Waals surface area contributed by atoms with Crippen molar-refractivity contribution in [3.63, 3.8) is 0 Å². The monoisotopic (exact) mass is 474 g/mol. The molecular weight excluding hydrogens is 451 g/mol. The van der Waals surface area contributed by atoms with Gasteiger partial charge in [0.05, 0.1) is 10.8 Å². The number of hydrogen-bond donors (Lipinski definition) is 1. The van der Waals surface area contributed by atoms with Crippen LogP contribution in [0.3, 0.4) is 0 Å². The SMILES string of the molecule is C=CCn1c(SCC(=O)Nc2ccc(F)c(Cl)c2)nnc1C(C)Oc1cccc(C)c1C. The predicted octanol–water partition coefficient (Wildman–Crippen LogP) is 5.74. The average molecular weight is 475 g/mol. The Kier molecular flexibility index (Phi) is 7.93. The highest BCUT2D eigenvalue weighted by molar-refractivity contribution is 7.99. The number of rotatable bonds is 9. The number of aryl methyl sites for hydroxylation is 1. The van der Waals surface area contributed by atoms with Crippen LogP contribution in [0.25, 0.3) is 0 Å². The Morgan fingerprint density at radius 2 is 2.12 bits per heavy atom. The van der Waals surface area contributed by atoms with Gasteiger partial charge in [0.2, 0.25) is 5.91 Å². The number of nitrogens with one attached hydrogen (secondary N) is 1. The van der Waals surface area contributed by atoms with Crippen molar-refractivity contribution < 1.29 is 13.9 Å². The van der Waals surface area contributed by atoms with Crippen LogP contribution in [0, 0.1) is 19.7 Å². The summed E-state index contributed by atoms with van der Waals surface area (Å²) in [5.41, 5.74) is 2.64. The molecule has 1 atom stereocenters. The second-order valence-corrected chi connectivity index (χ2v) is 8.51. The topological polar surface area (TPSA) is 69.0 Å². The third-order valence-corrected chi connectivity index (χ3v) is 6.07. The molecule has 9 heteroatoms. The van der Waals surface area contributed by atoms with E-state index in [4.69, 9.17) is 16.3 Å². The number of hydrogen-bond acceptors (Lipinski definition) is 5. The number of allylic oxidation sites excluding steroid dienone is 1. The molecule has 32 heavy (non-hydrogen) atoms. The van der Waals surface area contributed by atoms with Crippen molar-refractivity contribution in [3.05, 3.63) is 76.8 Å². The van der Waals surface area contributed by atoms with Crippen LogP contribution in [-0.2, 0) is 11.3 Å². The van der Waals surface area contributed by atoms with Gasteiger partial charge in [0.25, 0.3) is 0 Å². The molecular formula is C23H24ClFN4O2S. The van der Waals surface area contributed by atoms with Gasteiger partial charge in [0.1, 0.15) is 11.6 Å². The zero-order valence-electron chi connectivity index (χ0n) is 18.1. The van der Waals surface area contributed by atoms with E-state index in [9.17, 15) is 9.18 Å². The minimum atomic E-state index is -0.540. The van der Waals surface area contributed by atoms with Gasteiger partial charge in [-0.3, -0.25) is 9.36 Å². The Balaban J connectivity index is 1.69. The van der Waals surface area contributed by atoms with E-state index < -0.39 is 5.82 Å². The average Bonchev–Trinajstić information content (AvgIpc) is 3.15. The lowest BCUT2D eigenvalue weighted by atomic mass is 10.1. The van der Waals surface area contributed by atoms with Gasteiger partial charge in [-0.1, -0.05) is 41.6 Å². The minimum absolute atomic E-state index is 0.0522. The Hall–Kier alpha value is -2.84. The third-order valence-electron chi connectivity index (χ3n) is 4.82. The quantitative estimate of drug-likeness (QED) is 0.316. The number of carbonyl (C=O) groups excluding carboxylic acids is 1. The van der Waals surface area contributed by atoms with E-state index in [0.717, 1.165) is 16.9 Å². The predicted molar refractivity (Wildman–Crippen MR) is 126 cm³/mol. The first-order chi connectivity index (χ1) is 15.3. The molecule has 168 valence electrons. The molecule has 0 aliphatic carbocycles. The van der Waals surface area contributed by atoms with E-state index in [2.05, 4.69) is 22.1 Å². The molecule has 2 aromatic carbocycles. The number of aromatic nitrogens is 3. The van der Waals surface area contributed by atoms with Crippen LogP contribution in [0.4, 0.5) is 10.1 Å². The van der Waals surface area contributed by atoms with Gasteiger partial charge >= 0.3 is 0 Å². The fourth-order valence-electron chi connectivity index (χ4n) is 3.00. The molecule has 1 unspecified atom stereocenters. The molecule has 0 bridgehead atoms. The van der Waals surface area contributed by atoms with E-state index in [0.29, 0.717) is 23.2 Å². The second-order valence-electron chi connectivity index (χ2n) is 7.16. The zero-order chi connectivity index (χ0) is 23.3. The first-order valence-electron chi connectivity index (χ1n) is 9.94. The van der Waals surface area contributed by atoms with Crippen LogP contribution in [0.5, 0.6) is 5.75 Å². The molecule has 1 amide bonds. The van der Waals surface area contributed by atoms with Crippen LogP contribution >= 0.6 is 23.4 Å². The van der Waals surface area contributed by atoms with Crippen molar-refractivity contribution in [3.8, 4) is 5.75 Å². The molecule has 0 saturated carbocycles. The highest BCUT2D eigenvalue weighted by Crippen LogP contribution is 2.28. The van der Waals surface area contributed by atoms with E-state index in [-0.39, 0.29) is 22.8 Å². The van der Waals surface area contributed by atoms with Crippen molar-refractivity contribution >= 4 is 35.0 Å². The minimum Gasteiger partial charge on any atom is -0.482 e. The number of amides is 1. The summed E-state index contributed by atoms with van der Waals surface area (Å²) < 4.78 is 21.3. The number of carbonyl (C=O) groups is 1. The molecule has 3 aromatic rings. The molecule has 1 N–H and O–H groups in total. The van der Waals surface area contributed by atoms with Crippen LogP contribution < -0.4 is 10.1 Å². The van der Waals surface area contributed by atoms with Crippen molar-refractivity contribution in [2.45, 2.75) is 38.6 Å². The molecule has 6 nitrogen and oxygen atoms in total. The molecule has 0 aliphatic heterocycles. The summed E-state index contributed by atoms with van der Waals surface area (Å²) >= 11 is 7.00. The Morgan fingerprint density at radius 1 is 1.34 bits per heavy atom. The van der Waals surface area contributed by atoms with Crippen LogP contribution in [0.15, 0.2) is 54.2 Å². The summed E-state index contributed by atoms with van der Waals surface area (Å²) in [6.07, 6.45) is 1.38. The highest BCUT2D eigenvalue weighted by atomic mass is 35.5. The first-order valence-corrected chi connectivity index (χ1v) is 11.3. The second kappa shape index (κ2) is 10.7. The Morgan fingerprint density at radius 3 is 2.84 bits per heavy atom. The van der Waals surface area contributed by atoms with Gasteiger partial charge in [-0.2, -0.15) is 0 Å². The molecule has 0 fully saturated rings. The summed E-state index contributed by atoms with van der Waals surface area (Å²) in [5, 5.41) is 11.7. The third kappa shape index (κ3) is 5.69. The van der Waals surface area contributed by atoms with Crippen LogP contribution in [-0.4, -0.2) is 26.4 Å². The van der Waals surface area contributed by atoms with Crippen molar-refractivity contribution in [2.24, 2.45) is 0 Å². The largest absolute Gasteiger partial charge is 0.482 e. The van der Waals surface area contributed by atoms with Crippen LogP contribution in [0.2, 0.25) is 5.02 Å². The van der Waals surface area contributed by atoms with Gasteiger partial charge in [0, 0.05) is 12.2 Å². The number of anilines is 1. The number of halogens is 2. The normalized spacial score (nSPS) is 11.8. The van der Waals surface area contributed by atoms with E-state index in [1.165, 1.54) is 30.0 Å². The fourth-order valence-corrected chi connectivity index (χ4v) is 3.94. The van der Waals surface area contributed by atoms with Gasteiger partial charge in [-0.25, -0.2) is 4.39 Å². The molecule has 1 heterocycles. The van der Waals surface area contributed by atoms with Crippen molar-refractivity contribution in [2.75, 3.05) is 11.1 Å². The summed E-state index contributed by atoms with van der Waals surface area (Å²) in [4.78, 5) is 12.3. The summed E-state index contributed by atoms with van der Waals surface area (Å²) in [5.74, 6) is 0.709. The lowest BCUT2D eigenvalue weighted by Gasteiger charge is -2.18. The summed E-state index contributed by atoms with van der Waals surface area (Å²) in [6, 6.07) is 9.93. The van der Waals surface area contributed by atoms with Gasteiger partial charge < -0.3 is 10.1 Å². The van der Waals surface area contributed by atoms with Crippen molar-refractivity contribution in [1.29, 1.82) is 0 Å². The maximum absolute atomic E-state index is 13.3. The standard InChI is InChI=1S/C23H24ClFN4O2S/c1-5-11-29-22(16(4)31-20-8-6-7-14(2)15(20)3)27-28-23(29)32-13-21(30)26-17-9-10-19(25)18(24)12-17/h5-10,12,16H,1,11,13H2,2-4H3,(H,26,30). The Bertz CT molecular complexity index is 1140. The molecule has 0 aliphatic rings. The Labute approximate surface area is 195 Å². The molecule has 3 rings (SSSR count). The molecule has 0 spiro atoms. The van der Waals surface area contributed by atoms with Crippen LogP contribution in [0.1, 0.15) is 30.0 Å². The van der Waals surface area contributed by atoms with E-state index >= 15 is 0 Å². The maximum atomic E-state index is 13.3. The maximum Gasteiger partial charge on any atom is 0.234 e. The van der Waals surface area contributed by atoms with E-state index in [1.54, 1.807) is 6.08 Å². The zero-order valence-corrected chi connectivity index (χ0v) is 19.6.